The molecule has 7 heteroatoms. The number of benzene rings is 1. The Hall–Kier alpha value is -2.70. The number of nitrogens with zero attached hydrogens (tertiary/aromatic N) is 1. The number of anilines is 1. The third kappa shape index (κ3) is 2.59. The van der Waals surface area contributed by atoms with Crippen molar-refractivity contribution in [1.29, 1.82) is 0 Å². The lowest BCUT2D eigenvalue weighted by Crippen LogP contribution is -2.11. The van der Waals surface area contributed by atoms with Crippen LogP contribution in [0.2, 0.25) is 0 Å². The van der Waals surface area contributed by atoms with Crippen LogP contribution in [0.3, 0.4) is 0 Å². The van der Waals surface area contributed by atoms with Gasteiger partial charge in [0.1, 0.15) is 5.75 Å². The van der Waals surface area contributed by atoms with Crippen LogP contribution in [0, 0.1) is 0 Å². The Kier molecular flexibility index (Phi) is 3.56. The third-order valence-corrected chi connectivity index (χ3v) is 2.41. The molecule has 0 saturated heterocycles. The zero-order valence-electron chi connectivity index (χ0n) is 10.5. The molecule has 2 rings (SSSR count). The molecule has 0 amide bonds. The molecule has 1 aromatic carbocycles. The van der Waals surface area contributed by atoms with Crippen LogP contribution in [0.1, 0.15) is 0 Å². The summed E-state index contributed by atoms with van der Waals surface area (Å²) in [5.41, 5.74) is 5.74. The average molecular weight is 263 g/mol. The van der Waals surface area contributed by atoms with E-state index in [0.29, 0.717) is 17.2 Å². The van der Waals surface area contributed by atoms with Crippen molar-refractivity contribution < 1.29 is 14.2 Å². The van der Waals surface area contributed by atoms with E-state index in [9.17, 15) is 4.79 Å². The highest BCUT2D eigenvalue weighted by Crippen LogP contribution is 2.32. The molecule has 0 aliphatic carbocycles. The Morgan fingerprint density at radius 1 is 1.26 bits per heavy atom. The second kappa shape index (κ2) is 5.30. The first-order chi connectivity index (χ1) is 9.15. The average Bonchev–Trinajstić information content (AvgIpc) is 2.41. The molecule has 0 spiro atoms. The number of hydrogen-bond donors (Lipinski definition) is 2. The van der Waals surface area contributed by atoms with Crippen LogP contribution in [-0.2, 0) is 0 Å². The van der Waals surface area contributed by atoms with Crippen LogP contribution in [-0.4, -0.2) is 24.2 Å². The Bertz CT molecular complexity index is 639. The summed E-state index contributed by atoms with van der Waals surface area (Å²) in [6.07, 6.45) is 1.22. The predicted octanol–water partition coefficient (Wildman–Crippen LogP) is 1.16. The molecule has 7 nitrogen and oxygen atoms in total. The van der Waals surface area contributed by atoms with Gasteiger partial charge in [0.15, 0.2) is 5.75 Å². The monoisotopic (exact) mass is 263 g/mol. The van der Waals surface area contributed by atoms with Crippen molar-refractivity contribution in [2.45, 2.75) is 0 Å². The molecule has 0 aliphatic heterocycles. The van der Waals surface area contributed by atoms with Crippen molar-refractivity contribution in [3.8, 4) is 23.1 Å². The molecule has 0 fully saturated rings. The van der Waals surface area contributed by atoms with Crippen LogP contribution in [0.15, 0.2) is 29.3 Å². The van der Waals surface area contributed by atoms with Crippen LogP contribution in [0.25, 0.3) is 0 Å². The van der Waals surface area contributed by atoms with Crippen molar-refractivity contribution in [3.63, 3.8) is 0 Å². The van der Waals surface area contributed by atoms with E-state index in [4.69, 9.17) is 19.9 Å². The number of aromatic nitrogens is 2. The highest BCUT2D eigenvalue weighted by Gasteiger charge is 2.13. The summed E-state index contributed by atoms with van der Waals surface area (Å²) in [7, 11) is 2.88. The molecule has 1 aromatic heterocycles. The van der Waals surface area contributed by atoms with Gasteiger partial charge in [0.25, 0.3) is 11.4 Å². The lowest BCUT2D eigenvalue weighted by molar-refractivity contribution is 0.361. The molecule has 0 bridgehead atoms. The van der Waals surface area contributed by atoms with Gasteiger partial charge in [0.2, 0.25) is 5.75 Å². The summed E-state index contributed by atoms with van der Waals surface area (Å²) in [6, 6.07) is 4.93. The van der Waals surface area contributed by atoms with E-state index in [-0.39, 0.29) is 11.6 Å². The molecule has 0 saturated carbocycles. The highest BCUT2D eigenvalue weighted by molar-refractivity contribution is 5.57. The van der Waals surface area contributed by atoms with Gasteiger partial charge in [-0.05, 0) is 12.1 Å². The number of H-pyrrole nitrogens is 1. The van der Waals surface area contributed by atoms with Crippen molar-refractivity contribution in [3.05, 3.63) is 34.9 Å². The maximum Gasteiger partial charge on any atom is 0.297 e. The van der Waals surface area contributed by atoms with E-state index < -0.39 is 5.56 Å². The number of rotatable bonds is 4. The van der Waals surface area contributed by atoms with Crippen molar-refractivity contribution >= 4 is 5.69 Å². The number of hydrogen-bond acceptors (Lipinski definition) is 6. The lowest BCUT2D eigenvalue weighted by atomic mass is 10.3. The summed E-state index contributed by atoms with van der Waals surface area (Å²) in [4.78, 5) is 17.8. The number of nitrogen functional groups attached to an aromatic ring is 1. The van der Waals surface area contributed by atoms with Crippen molar-refractivity contribution in [1.82, 2.24) is 9.97 Å². The number of methoxy groups -OCH3 is 2. The molecule has 100 valence electrons. The summed E-state index contributed by atoms with van der Waals surface area (Å²) >= 11 is 0. The molecule has 3 N–H and O–H groups in total. The summed E-state index contributed by atoms with van der Waals surface area (Å²) in [6.45, 7) is 0. The second-order valence-electron chi connectivity index (χ2n) is 3.58. The van der Waals surface area contributed by atoms with Gasteiger partial charge in [-0.1, -0.05) is 0 Å². The van der Waals surface area contributed by atoms with Crippen LogP contribution in [0.5, 0.6) is 23.1 Å². The molecule has 0 radical (unpaired) electrons. The molecular weight excluding hydrogens is 250 g/mol. The van der Waals surface area contributed by atoms with Crippen LogP contribution in [0.4, 0.5) is 5.69 Å². The van der Waals surface area contributed by atoms with Gasteiger partial charge in [-0.15, -0.1) is 0 Å². The fourth-order valence-corrected chi connectivity index (χ4v) is 1.46. The fourth-order valence-electron chi connectivity index (χ4n) is 1.46. The first kappa shape index (κ1) is 12.7. The molecule has 0 atom stereocenters. The van der Waals surface area contributed by atoms with E-state index in [0.717, 1.165) is 0 Å². The Balaban J connectivity index is 2.41. The third-order valence-electron chi connectivity index (χ3n) is 2.41. The van der Waals surface area contributed by atoms with Gasteiger partial charge in [0, 0.05) is 6.07 Å². The number of nitrogens with two attached hydrogens (primary N) is 1. The van der Waals surface area contributed by atoms with Gasteiger partial charge < -0.3 is 24.9 Å². The van der Waals surface area contributed by atoms with Crippen LogP contribution < -0.4 is 25.5 Å². The number of aromatic amines is 1. The maximum atomic E-state index is 11.5. The summed E-state index contributed by atoms with van der Waals surface area (Å²) in [5, 5.41) is 0. The molecule has 2 aromatic rings. The lowest BCUT2D eigenvalue weighted by Gasteiger charge is -2.10. The molecule has 19 heavy (non-hydrogen) atoms. The Morgan fingerprint density at radius 2 is 2.05 bits per heavy atom. The predicted molar refractivity (Wildman–Crippen MR) is 68.9 cm³/mol. The fraction of sp³-hybridized carbons (Fsp3) is 0.167. The minimum Gasteiger partial charge on any atom is -0.497 e. The standard InChI is InChI=1S/C12H13N3O4/c1-17-7-3-4-8(13)9(5-7)19-12-10(18-2)11(16)14-6-15-12/h3-6H,13H2,1-2H3,(H,14,15,16). The van der Waals surface area contributed by atoms with E-state index in [1.807, 2.05) is 0 Å². The van der Waals surface area contributed by atoms with E-state index >= 15 is 0 Å². The van der Waals surface area contributed by atoms with Gasteiger partial charge in [-0.2, -0.15) is 0 Å². The second-order valence-corrected chi connectivity index (χ2v) is 3.58. The topological polar surface area (TPSA) is 99.5 Å². The molecule has 0 unspecified atom stereocenters. The molecular formula is C12H13N3O4. The summed E-state index contributed by atoms with van der Waals surface area (Å²) < 4.78 is 15.5. The van der Waals surface area contributed by atoms with Gasteiger partial charge in [0.05, 0.1) is 26.2 Å². The summed E-state index contributed by atoms with van der Waals surface area (Å²) in [5.74, 6) is 0.916. The highest BCUT2D eigenvalue weighted by atomic mass is 16.5. The maximum absolute atomic E-state index is 11.5. The van der Waals surface area contributed by atoms with Crippen molar-refractivity contribution in [2.75, 3.05) is 20.0 Å². The van der Waals surface area contributed by atoms with E-state index in [1.165, 1.54) is 20.5 Å². The van der Waals surface area contributed by atoms with Gasteiger partial charge in [-0.3, -0.25) is 4.79 Å². The number of nitrogens with one attached hydrogen (secondary N) is 1. The van der Waals surface area contributed by atoms with Gasteiger partial charge in [-0.25, -0.2) is 4.98 Å². The minimum atomic E-state index is -0.436. The molecule has 0 aliphatic rings. The smallest absolute Gasteiger partial charge is 0.297 e. The minimum absolute atomic E-state index is 0.0234. The van der Waals surface area contributed by atoms with Crippen LogP contribution >= 0.6 is 0 Å². The largest absolute Gasteiger partial charge is 0.497 e. The Labute approximate surface area is 108 Å². The SMILES string of the molecule is COc1ccc(N)c(Oc2nc[nH]c(=O)c2OC)c1. The van der Waals surface area contributed by atoms with Crippen molar-refractivity contribution in [2.24, 2.45) is 0 Å². The normalized spacial score (nSPS) is 10.0. The first-order valence-corrected chi connectivity index (χ1v) is 5.38. The first-order valence-electron chi connectivity index (χ1n) is 5.38. The number of ether oxygens (including phenoxy) is 3. The van der Waals surface area contributed by atoms with E-state index in [1.54, 1.807) is 18.2 Å². The zero-order chi connectivity index (χ0) is 13.8. The zero-order valence-corrected chi connectivity index (χ0v) is 10.5. The van der Waals surface area contributed by atoms with E-state index in [2.05, 4.69) is 9.97 Å². The Morgan fingerprint density at radius 3 is 2.74 bits per heavy atom. The molecule has 1 heterocycles. The van der Waals surface area contributed by atoms with Gasteiger partial charge >= 0.3 is 0 Å². The quantitative estimate of drug-likeness (QED) is 0.803.